The standard InChI is InChI=1S/C35H50N2O3/c1-30(2)12-14-35(21-37-16-8-9-27(37)39)15-13-34(7)28(23(35)19-30)24(38)17-26-32(5)18-22(20-36)29(40)31(3,4)25(32)10-11-33(26,34)6/h17,23,25,28,40H,8-16,18-19,21H2,1-7H3/t23?,25?,28-,32-,33+,34+,35+/m0/s1. The molecule has 2 unspecified atom stereocenters. The number of ketones is 1. The minimum Gasteiger partial charge on any atom is -0.511 e. The molecule has 0 aromatic carbocycles. The van der Waals surface area contributed by atoms with Gasteiger partial charge in [0.1, 0.15) is 5.76 Å². The second kappa shape index (κ2) is 8.48. The Morgan fingerprint density at radius 1 is 1.02 bits per heavy atom. The summed E-state index contributed by atoms with van der Waals surface area (Å²) in [5.41, 5.74) is 0.793. The van der Waals surface area contributed by atoms with Gasteiger partial charge in [-0.2, -0.15) is 5.26 Å². The summed E-state index contributed by atoms with van der Waals surface area (Å²) in [6.07, 6.45) is 11.6. The summed E-state index contributed by atoms with van der Waals surface area (Å²) in [6.45, 7) is 17.7. The molecule has 218 valence electrons. The van der Waals surface area contributed by atoms with Crippen molar-refractivity contribution in [3.8, 4) is 6.07 Å². The van der Waals surface area contributed by atoms with Gasteiger partial charge in [0.15, 0.2) is 5.78 Å². The molecule has 5 nitrogen and oxygen atoms in total. The van der Waals surface area contributed by atoms with Crippen molar-refractivity contribution < 1.29 is 14.7 Å². The number of nitrogens with zero attached hydrogens (tertiary/aromatic N) is 2. The van der Waals surface area contributed by atoms with Crippen LogP contribution in [-0.4, -0.2) is 34.8 Å². The maximum Gasteiger partial charge on any atom is 0.222 e. The molecule has 7 atom stereocenters. The first-order valence-electron chi connectivity index (χ1n) is 15.9. The first-order chi connectivity index (χ1) is 18.5. The van der Waals surface area contributed by atoms with Crippen LogP contribution < -0.4 is 0 Å². The van der Waals surface area contributed by atoms with E-state index in [1.54, 1.807) is 0 Å². The van der Waals surface area contributed by atoms with Crippen molar-refractivity contribution in [2.24, 2.45) is 50.2 Å². The van der Waals surface area contributed by atoms with Crippen LogP contribution in [0.2, 0.25) is 0 Å². The summed E-state index contributed by atoms with van der Waals surface area (Å²) in [4.78, 5) is 29.6. The van der Waals surface area contributed by atoms with Gasteiger partial charge in [0.05, 0.1) is 11.6 Å². The zero-order valence-corrected chi connectivity index (χ0v) is 26.0. The minimum absolute atomic E-state index is 0.0213. The molecule has 1 saturated heterocycles. The fraction of sp³-hybridized carbons (Fsp3) is 0.800. The quantitative estimate of drug-likeness (QED) is 0.388. The van der Waals surface area contributed by atoms with Crippen molar-refractivity contribution in [1.82, 2.24) is 4.90 Å². The van der Waals surface area contributed by atoms with E-state index >= 15 is 0 Å². The van der Waals surface area contributed by atoms with Crippen molar-refractivity contribution in [3.05, 3.63) is 23.0 Å². The van der Waals surface area contributed by atoms with Crippen LogP contribution in [-0.2, 0) is 9.59 Å². The molecule has 1 amide bonds. The molecule has 0 aromatic heterocycles. The number of allylic oxidation sites excluding steroid dienone is 4. The number of likely N-dealkylation sites (tertiary alicyclic amines) is 1. The predicted molar refractivity (Wildman–Crippen MR) is 156 cm³/mol. The highest BCUT2D eigenvalue weighted by Gasteiger charge is 2.70. The lowest BCUT2D eigenvalue weighted by Gasteiger charge is -2.70. The third kappa shape index (κ3) is 3.49. The molecule has 0 aromatic rings. The first-order valence-corrected chi connectivity index (χ1v) is 15.9. The summed E-state index contributed by atoms with van der Waals surface area (Å²) in [5, 5.41) is 21.1. The molecule has 6 rings (SSSR count). The van der Waals surface area contributed by atoms with Crippen molar-refractivity contribution in [3.63, 3.8) is 0 Å². The third-order valence-electron chi connectivity index (χ3n) is 14.0. The number of aliphatic hydroxyl groups excluding tert-OH is 1. The Morgan fingerprint density at radius 3 is 2.38 bits per heavy atom. The van der Waals surface area contributed by atoms with Gasteiger partial charge in [-0.25, -0.2) is 0 Å². The van der Waals surface area contributed by atoms with Crippen LogP contribution >= 0.6 is 0 Å². The molecule has 5 heteroatoms. The lowest BCUT2D eigenvalue weighted by Crippen LogP contribution is -2.65. The van der Waals surface area contributed by atoms with E-state index in [4.69, 9.17) is 0 Å². The zero-order valence-electron chi connectivity index (χ0n) is 26.0. The van der Waals surface area contributed by atoms with Gasteiger partial charge in [-0.05, 0) is 103 Å². The average molecular weight is 547 g/mol. The SMILES string of the molecule is CC1(C)CC[C@]2(CN3CCCC3=O)CC[C@]3(C)[C@H](C(=O)C=C4[C@@]5(C)CC(C#N)=C(O)C(C)(C)C5CC[C@]43C)C2C1. The second-order valence-electron chi connectivity index (χ2n) is 16.8. The van der Waals surface area contributed by atoms with Gasteiger partial charge in [0, 0.05) is 30.8 Å². The van der Waals surface area contributed by atoms with Gasteiger partial charge in [0.2, 0.25) is 5.91 Å². The molecule has 40 heavy (non-hydrogen) atoms. The highest BCUT2D eigenvalue weighted by molar-refractivity contribution is 5.95. The summed E-state index contributed by atoms with van der Waals surface area (Å²) in [6, 6.07) is 2.33. The molecule has 0 radical (unpaired) electrons. The van der Waals surface area contributed by atoms with Crippen molar-refractivity contribution in [2.45, 2.75) is 113 Å². The van der Waals surface area contributed by atoms with E-state index in [-0.39, 0.29) is 56.4 Å². The molecule has 0 bridgehead atoms. The maximum absolute atomic E-state index is 14.7. The monoisotopic (exact) mass is 546 g/mol. The number of hydrogen-bond donors (Lipinski definition) is 1. The van der Waals surface area contributed by atoms with E-state index in [1.807, 2.05) is 6.08 Å². The van der Waals surface area contributed by atoms with E-state index < -0.39 is 5.41 Å². The number of aliphatic hydroxyl groups is 1. The Morgan fingerprint density at radius 2 is 1.73 bits per heavy atom. The molecule has 5 aliphatic carbocycles. The Labute approximate surface area is 241 Å². The van der Waals surface area contributed by atoms with E-state index in [9.17, 15) is 20.0 Å². The van der Waals surface area contributed by atoms with Crippen molar-refractivity contribution in [2.75, 3.05) is 13.1 Å². The van der Waals surface area contributed by atoms with Gasteiger partial charge in [0.25, 0.3) is 0 Å². The van der Waals surface area contributed by atoms with E-state index in [0.29, 0.717) is 24.3 Å². The maximum atomic E-state index is 14.7. The molecule has 0 spiro atoms. The van der Waals surface area contributed by atoms with E-state index in [1.165, 1.54) is 5.57 Å². The van der Waals surface area contributed by atoms with Crippen LogP contribution in [0.1, 0.15) is 113 Å². The van der Waals surface area contributed by atoms with Crippen LogP contribution in [0.15, 0.2) is 23.0 Å². The van der Waals surface area contributed by atoms with E-state index in [2.05, 4.69) is 59.4 Å². The summed E-state index contributed by atoms with van der Waals surface area (Å²) < 4.78 is 0. The smallest absolute Gasteiger partial charge is 0.222 e. The van der Waals surface area contributed by atoms with Gasteiger partial charge in [-0.15, -0.1) is 0 Å². The molecular formula is C35H50N2O3. The highest BCUT2D eigenvalue weighted by atomic mass is 16.3. The number of rotatable bonds is 2. The minimum atomic E-state index is -0.502. The number of fused-ring (bicyclic) bond motifs is 7. The Balaban J connectivity index is 1.47. The van der Waals surface area contributed by atoms with Gasteiger partial charge in [-0.1, -0.05) is 54.0 Å². The topological polar surface area (TPSA) is 81.4 Å². The van der Waals surface area contributed by atoms with Crippen LogP contribution in [0.4, 0.5) is 0 Å². The average Bonchev–Trinajstić information content (AvgIpc) is 3.27. The normalized spacial score (nSPS) is 45.6. The summed E-state index contributed by atoms with van der Waals surface area (Å²) in [5.74, 6) is 1.25. The lowest BCUT2D eigenvalue weighted by atomic mass is 9.34. The van der Waals surface area contributed by atoms with E-state index in [0.717, 1.165) is 64.5 Å². The van der Waals surface area contributed by atoms with Crippen LogP contribution in [0, 0.1) is 61.6 Å². The number of hydrogen-bond acceptors (Lipinski definition) is 4. The van der Waals surface area contributed by atoms with Gasteiger partial charge >= 0.3 is 0 Å². The Hall–Kier alpha value is -2.09. The molecule has 4 fully saturated rings. The molecule has 1 heterocycles. The zero-order chi connectivity index (χ0) is 29.1. The summed E-state index contributed by atoms with van der Waals surface area (Å²) >= 11 is 0. The fourth-order valence-electron chi connectivity index (χ4n) is 11.6. The molecule has 6 aliphatic rings. The number of carbonyl (C=O) groups excluding carboxylic acids is 2. The van der Waals surface area contributed by atoms with Crippen LogP contribution in [0.3, 0.4) is 0 Å². The molecular weight excluding hydrogens is 496 g/mol. The predicted octanol–water partition coefficient (Wildman–Crippen LogP) is 7.54. The number of carbonyl (C=O) groups is 2. The largest absolute Gasteiger partial charge is 0.511 e. The van der Waals surface area contributed by atoms with Crippen molar-refractivity contribution in [1.29, 1.82) is 5.26 Å². The Bertz CT molecular complexity index is 1270. The van der Waals surface area contributed by atoms with Crippen molar-refractivity contribution >= 4 is 11.7 Å². The molecule has 3 saturated carbocycles. The fourth-order valence-corrected chi connectivity index (χ4v) is 11.6. The second-order valence-corrected chi connectivity index (χ2v) is 16.8. The highest BCUT2D eigenvalue weighted by Crippen LogP contribution is 2.75. The van der Waals surface area contributed by atoms with Crippen LogP contribution in [0.5, 0.6) is 0 Å². The summed E-state index contributed by atoms with van der Waals surface area (Å²) in [7, 11) is 0. The molecule has 1 aliphatic heterocycles. The lowest BCUT2D eigenvalue weighted by molar-refractivity contribution is -0.176. The van der Waals surface area contributed by atoms with Gasteiger partial charge < -0.3 is 10.0 Å². The number of amides is 1. The van der Waals surface area contributed by atoms with Crippen LogP contribution in [0.25, 0.3) is 0 Å². The van der Waals surface area contributed by atoms with Gasteiger partial charge in [-0.3, -0.25) is 9.59 Å². The number of nitriles is 1. The first kappa shape index (κ1) is 28.0. The third-order valence-corrected chi connectivity index (χ3v) is 14.0. The Kier molecular flexibility index (Phi) is 5.95. The molecule has 1 N–H and O–H groups in total.